The molecule has 1 aliphatic rings. The fraction of sp³-hybridized carbons (Fsp3) is 0.867. The number of piperazine rings is 1. The Morgan fingerprint density at radius 2 is 1.65 bits per heavy atom. The summed E-state index contributed by atoms with van der Waals surface area (Å²) in [5.41, 5.74) is 5.34. The molecule has 11 heteroatoms. The molecule has 1 heterocycles. The molecular formula is C15H28F3IN4O3. The van der Waals surface area contributed by atoms with Gasteiger partial charge < -0.3 is 25.0 Å². The van der Waals surface area contributed by atoms with Crippen LogP contribution in [0.3, 0.4) is 0 Å². The monoisotopic (exact) mass is 496 g/mol. The Hall–Kier alpha value is -0.980. The molecule has 1 rings (SSSR count). The quantitative estimate of drug-likeness (QED) is 0.274. The summed E-state index contributed by atoms with van der Waals surface area (Å²) in [5.74, 6) is 0.319. The third-order valence-corrected chi connectivity index (χ3v) is 3.24. The van der Waals surface area contributed by atoms with Gasteiger partial charge in [0.1, 0.15) is 12.2 Å². The van der Waals surface area contributed by atoms with Crippen LogP contribution in [0.5, 0.6) is 0 Å². The first-order valence-corrected chi connectivity index (χ1v) is 8.15. The van der Waals surface area contributed by atoms with Crippen LogP contribution in [0.25, 0.3) is 0 Å². The maximum atomic E-state index is 12.0. The Morgan fingerprint density at radius 3 is 2.15 bits per heavy atom. The lowest BCUT2D eigenvalue weighted by molar-refractivity contribution is -0.173. The van der Waals surface area contributed by atoms with Crippen LogP contribution in [0.2, 0.25) is 0 Å². The number of carbonyl (C=O) groups excluding carboxylic acids is 1. The number of rotatable bonds is 5. The summed E-state index contributed by atoms with van der Waals surface area (Å²) in [5, 5.41) is 0. The average molecular weight is 496 g/mol. The number of aliphatic imine (C=N–C) groups is 1. The second kappa shape index (κ2) is 11.0. The van der Waals surface area contributed by atoms with Crippen LogP contribution < -0.4 is 5.73 Å². The minimum atomic E-state index is -4.31. The van der Waals surface area contributed by atoms with E-state index in [2.05, 4.69) is 9.73 Å². The van der Waals surface area contributed by atoms with Crippen LogP contribution >= 0.6 is 24.0 Å². The van der Waals surface area contributed by atoms with Gasteiger partial charge in [-0.15, -0.1) is 24.0 Å². The van der Waals surface area contributed by atoms with Crippen LogP contribution in [0, 0.1) is 0 Å². The van der Waals surface area contributed by atoms with Crippen molar-refractivity contribution in [3.05, 3.63) is 0 Å². The van der Waals surface area contributed by atoms with Gasteiger partial charge in [0.05, 0.1) is 0 Å². The third-order valence-electron chi connectivity index (χ3n) is 3.24. The number of hydrogen-bond donors (Lipinski definition) is 1. The van der Waals surface area contributed by atoms with Crippen LogP contribution in [0.15, 0.2) is 4.99 Å². The second-order valence-electron chi connectivity index (χ2n) is 6.72. The van der Waals surface area contributed by atoms with E-state index in [1.807, 2.05) is 25.7 Å². The van der Waals surface area contributed by atoms with Crippen LogP contribution in [0.4, 0.5) is 18.0 Å². The summed E-state index contributed by atoms with van der Waals surface area (Å²) in [4.78, 5) is 19.5. The highest BCUT2D eigenvalue weighted by molar-refractivity contribution is 14.0. The smallest absolute Gasteiger partial charge is 0.411 e. The fourth-order valence-corrected chi connectivity index (χ4v) is 2.09. The molecule has 154 valence electrons. The molecule has 7 nitrogen and oxygen atoms in total. The predicted molar refractivity (Wildman–Crippen MR) is 103 cm³/mol. The van der Waals surface area contributed by atoms with E-state index < -0.39 is 18.4 Å². The van der Waals surface area contributed by atoms with Crippen LogP contribution in [0.1, 0.15) is 27.2 Å². The molecular weight excluding hydrogens is 468 g/mol. The van der Waals surface area contributed by atoms with Gasteiger partial charge in [-0.2, -0.15) is 13.2 Å². The molecule has 0 saturated carbocycles. The molecule has 26 heavy (non-hydrogen) atoms. The topological polar surface area (TPSA) is 80.4 Å². The van der Waals surface area contributed by atoms with Gasteiger partial charge in [0.15, 0.2) is 5.96 Å². The van der Waals surface area contributed by atoms with Gasteiger partial charge >= 0.3 is 12.3 Å². The van der Waals surface area contributed by atoms with E-state index in [1.165, 1.54) is 0 Å². The van der Waals surface area contributed by atoms with Crippen LogP contribution in [-0.2, 0) is 9.47 Å². The zero-order chi connectivity index (χ0) is 19.1. The van der Waals surface area contributed by atoms with E-state index >= 15 is 0 Å². The van der Waals surface area contributed by atoms with Crippen molar-refractivity contribution in [1.29, 1.82) is 0 Å². The van der Waals surface area contributed by atoms with Crippen molar-refractivity contribution in [2.24, 2.45) is 10.7 Å². The highest BCUT2D eigenvalue weighted by Gasteiger charge is 2.27. The highest BCUT2D eigenvalue weighted by Crippen LogP contribution is 2.14. The summed E-state index contributed by atoms with van der Waals surface area (Å²) < 4.78 is 45.5. The largest absolute Gasteiger partial charge is 0.444 e. The number of nitrogens with two attached hydrogens (primary N) is 1. The summed E-state index contributed by atoms with van der Waals surface area (Å²) in [6.07, 6.45) is -4.31. The Kier molecular flexibility index (Phi) is 10.6. The van der Waals surface area contributed by atoms with Gasteiger partial charge in [-0.3, -0.25) is 4.99 Å². The predicted octanol–water partition coefficient (Wildman–Crippen LogP) is 2.44. The molecule has 1 amide bonds. The SMILES string of the molecule is CC(C)(C)OC(=O)N1CCN(C(N)=NCCCOCC(F)(F)F)CC1.I. The van der Waals surface area contributed by atoms with Gasteiger partial charge in [-0.1, -0.05) is 0 Å². The van der Waals surface area contributed by atoms with Crippen molar-refractivity contribution in [2.45, 2.75) is 39.0 Å². The molecule has 0 spiro atoms. The maximum absolute atomic E-state index is 12.0. The van der Waals surface area contributed by atoms with E-state index in [1.54, 1.807) is 4.90 Å². The number of halogens is 4. The molecule has 2 N–H and O–H groups in total. The second-order valence-corrected chi connectivity index (χ2v) is 6.72. The minimum absolute atomic E-state index is 0. The molecule has 0 aromatic carbocycles. The molecule has 0 aliphatic carbocycles. The number of hydrogen-bond acceptors (Lipinski definition) is 4. The first kappa shape index (κ1) is 25.0. The Morgan fingerprint density at radius 1 is 1.12 bits per heavy atom. The minimum Gasteiger partial charge on any atom is -0.444 e. The first-order chi connectivity index (χ1) is 11.5. The number of alkyl halides is 3. The summed E-state index contributed by atoms with van der Waals surface area (Å²) >= 11 is 0. The molecule has 0 unspecified atom stereocenters. The Labute approximate surface area is 169 Å². The van der Waals surface area contributed by atoms with Gasteiger partial charge in [0.25, 0.3) is 0 Å². The Balaban J connectivity index is 0.00000625. The lowest BCUT2D eigenvalue weighted by atomic mass is 10.2. The number of ether oxygens (including phenoxy) is 2. The third kappa shape index (κ3) is 10.9. The van der Waals surface area contributed by atoms with Gasteiger partial charge in [0, 0.05) is 39.3 Å². The number of nitrogens with zero attached hydrogens (tertiary/aromatic N) is 3. The number of guanidine groups is 1. The molecule has 0 radical (unpaired) electrons. The number of amides is 1. The van der Waals surface area contributed by atoms with Crippen molar-refractivity contribution in [2.75, 3.05) is 45.9 Å². The van der Waals surface area contributed by atoms with E-state index in [0.29, 0.717) is 38.6 Å². The van der Waals surface area contributed by atoms with E-state index in [-0.39, 0.29) is 43.2 Å². The van der Waals surface area contributed by atoms with Gasteiger partial charge in [0.2, 0.25) is 0 Å². The zero-order valence-electron chi connectivity index (χ0n) is 15.3. The summed E-state index contributed by atoms with van der Waals surface area (Å²) in [6, 6.07) is 0. The molecule has 0 atom stereocenters. The van der Waals surface area contributed by atoms with Gasteiger partial charge in [-0.25, -0.2) is 4.79 Å². The lowest BCUT2D eigenvalue weighted by Crippen LogP contribution is -2.53. The summed E-state index contributed by atoms with van der Waals surface area (Å²) in [6.45, 7) is 6.44. The number of carbonyl (C=O) groups is 1. The molecule has 0 aromatic heterocycles. The normalized spacial score (nSPS) is 16.3. The van der Waals surface area contributed by atoms with E-state index in [0.717, 1.165) is 0 Å². The molecule has 1 saturated heterocycles. The highest BCUT2D eigenvalue weighted by atomic mass is 127. The first-order valence-electron chi connectivity index (χ1n) is 8.15. The van der Waals surface area contributed by atoms with E-state index in [9.17, 15) is 18.0 Å². The fourth-order valence-electron chi connectivity index (χ4n) is 2.09. The lowest BCUT2D eigenvalue weighted by Gasteiger charge is -2.36. The maximum Gasteiger partial charge on any atom is 0.411 e. The van der Waals surface area contributed by atoms with E-state index in [4.69, 9.17) is 10.5 Å². The van der Waals surface area contributed by atoms with Crippen molar-refractivity contribution < 1.29 is 27.4 Å². The molecule has 1 aliphatic heterocycles. The van der Waals surface area contributed by atoms with Crippen LogP contribution in [-0.4, -0.2) is 79.6 Å². The zero-order valence-corrected chi connectivity index (χ0v) is 17.7. The van der Waals surface area contributed by atoms with Crippen molar-refractivity contribution in [3.8, 4) is 0 Å². The molecule has 0 aromatic rings. The molecule has 0 bridgehead atoms. The van der Waals surface area contributed by atoms with Crippen molar-refractivity contribution >= 4 is 36.0 Å². The summed E-state index contributed by atoms with van der Waals surface area (Å²) in [7, 11) is 0. The average Bonchev–Trinajstić information content (AvgIpc) is 2.48. The van der Waals surface area contributed by atoms with Crippen molar-refractivity contribution in [1.82, 2.24) is 9.80 Å². The van der Waals surface area contributed by atoms with Gasteiger partial charge in [-0.05, 0) is 27.2 Å². The van der Waals surface area contributed by atoms with Crippen molar-refractivity contribution in [3.63, 3.8) is 0 Å². The Bertz CT molecular complexity index is 462. The molecule has 1 fully saturated rings. The standard InChI is InChI=1S/C15H27F3N4O3.HI/c1-14(2,3)25-13(23)22-8-6-21(7-9-22)12(19)20-5-4-10-24-11-15(16,17)18;/h4-11H2,1-3H3,(H2,19,20);1H.